The van der Waals surface area contributed by atoms with Gasteiger partial charge in [0.1, 0.15) is 24.8 Å². The Labute approximate surface area is 185 Å². The van der Waals surface area contributed by atoms with E-state index in [1.807, 2.05) is 6.07 Å². The van der Waals surface area contributed by atoms with Gasteiger partial charge < -0.3 is 4.74 Å². The molecule has 1 nitrogen and oxygen atoms in total. The van der Waals surface area contributed by atoms with Crippen LogP contribution in [0.4, 0.5) is 8.78 Å². The van der Waals surface area contributed by atoms with E-state index in [1.54, 1.807) is 6.07 Å². The molecular weight excluding hydrogens is 394 g/mol. The molecule has 0 heterocycles. The molecule has 0 saturated heterocycles. The minimum atomic E-state index is -0.547. The summed E-state index contributed by atoms with van der Waals surface area (Å²) < 4.78 is 31.7. The van der Waals surface area contributed by atoms with Gasteiger partial charge in [-0.1, -0.05) is 70.4 Å². The van der Waals surface area contributed by atoms with Crippen molar-refractivity contribution in [2.75, 3.05) is 13.3 Å². The van der Waals surface area contributed by atoms with Crippen molar-refractivity contribution in [3.8, 4) is 5.75 Å². The van der Waals surface area contributed by atoms with Crippen LogP contribution in [-0.4, -0.2) is 22.8 Å². The summed E-state index contributed by atoms with van der Waals surface area (Å²) in [6.45, 7) is 1.74. The molecule has 2 fully saturated rings. The molecule has 0 aromatic heterocycles. The highest BCUT2D eigenvalue weighted by molar-refractivity contribution is 6.53. The maximum atomic E-state index is 14.3. The van der Waals surface area contributed by atoms with E-state index in [-0.39, 0.29) is 12.4 Å². The van der Waals surface area contributed by atoms with E-state index in [1.165, 1.54) is 83.1 Å². The lowest BCUT2D eigenvalue weighted by Crippen LogP contribution is -2.27. The van der Waals surface area contributed by atoms with Gasteiger partial charge in [0.05, 0.1) is 9.52 Å². The molecule has 2 saturated carbocycles. The van der Waals surface area contributed by atoms with Crippen molar-refractivity contribution in [3.63, 3.8) is 0 Å². The molecule has 1 aromatic carbocycles. The largest absolute Gasteiger partial charge is 0.491 e. The third-order valence-corrected chi connectivity index (χ3v) is 9.10. The zero-order valence-electron chi connectivity index (χ0n) is 18.8. The van der Waals surface area contributed by atoms with E-state index in [0.29, 0.717) is 15.3 Å². The smallest absolute Gasteiger partial charge is 0.125 e. The number of halogens is 2. The lowest BCUT2D eigenvalue weighted by Gasteiger charge is -2.38. The second-order valence-corrected chi connectivity index (χ2v) is 10.9. The van der Waals surface area contributed by atoms with Gasteiger partial charge in [-0.05, 0) is 60.6 Å². The minimum Gasteiger partial charge on any atom is -0.491 e. The Morgan fingerprint density at radius 2 is 1.60 bits per heavy atom. The molecule has 1 aromatic rings. The molecule has 0 amide bonds. The Kier molecular flexibility index (Phi) is 10.2. The van der Waals surface area contributed by atoms with Crippen LogP contribution in [0, 0.1) is 29.5 Å². The molecule has 2 aliphatic rings. The number of unbranched alkanes of at least 4 members (excludes halogenated alkanes) is 2. The Morgan fingerprint density at radius 1 is 0.933 bits per heavy atom. The zero-order valence-corrected chi connectivity index (χ0v) is 19.8. The van der Waals surface area contributed by atoms with Crippen LogP contribution in [0.2, 0.25) is 6.04 Å². The molecule has 0 spiro atoms. The summed E-state index contributed by atoms with van der Waals surface area (Å²) >= 11 is 0. The molecule has 168 valence electrons. The van der Waals surface area contributed by atoms with E-state index in [2.05, 4.69) is 6.92 Å². The van der Waals surface area contributed by atoms with Crippen molar-refractivity contribution in [2.24, 2.45) is 23.7 Å². The Balaban J connectivity index is 1.34. The number of hydrogen-bond acceptors (Lipinski definition) is 1. The van der Waals surface area contributed by atoms with Gasteiger partial charge in [-0.25, -0.2) is 8.78 Å². The van der Waals surface area contributed by atoms with Gasteiger partial charge in [0, 0.05) is 6.07 Å². The number of alkyl halides is 1. The quantitative estimate of drug-likeness (QED) is 0.266. The summed E-state index contributed by atoms with van der Waals surface area (Å²) in [7, 11) is 0.523. The second-order valence-electron chi connectivity index (χ2n) is 9.62. The van der Waals surface area contributed by atoms with Crippen molar-refractivity contribution in [1.29, 1.82) is 0 Å². The first-order chi connectivity index (χ1) is 14.7. The first kappa shape index (κ1) is 23.8. The van der Waals surface area contributed by atoms with Crippen LogP contribution in [0.25, 0.3) is 0 Å². The summed E-state index contributed by atoms with van der Waals surface area (Å²) in [5, 5.41) is 0.797. The van der Waals surface area contributed by atoms with Gasteiger partial charge in [-0.15, -0.1) is 0 Å². The van der Waals surface area contributed by atoms with E-state index >= 15 is 0 Å². The lowest BCUT2D eigenvalue weighted by molar-refractivity contribution is 0.146. The van der Waals surface area contributed by atoms with Gasteiger partial charge in [0.2, 0.25) is 0 Å². The van der Waals surface area contributed by atoms with Gasteiger partial charge in [0.25, 0.3) is 0 Å². The van der Waals surface area contributed by atoms with E-state index in [0.717, 1.165) is 34.9 Å². The maximum absolute atomic E-state index is 14.3. The fourth-order valence-electron chi connectivity index (χ4n) is 5.63. The topological polar surface area (TPSA) is 9.23 Å². The second kappa shape index (κ2) is 12.8. The average molecular weight is 435 g/mol. The average Bonchev–Trinajstić information content (AvgIpc) is 2.78. The number of ether oxygens (including phenoxy) is 1. The standard InChI is InChI=1S/C26H40F2OSi/c1-2-3-4-5-20-6-10-22(11-7-20)23-12-8-21(9-13-23)19-30-26-15-14-24(18-25(26)28)29-17-16-27/h14-15,18,20-23H,2-13,16-17,19H2,1H3. The molecule has 0 bridgehead atoms. The van der Waals surface area contributed by atoms with E-state index in [4.69, 9.17) is 4.74 Å². The third kappa shape index (κ3) is 7.35. The van der Waals surface area contributed by atoms with Crippen LogP contribution < -0.4 is 9.92 Å². The van der Waals surface area contributed by atoms with Crippen molar-refractivity contribution in [1.82, 2.24) is 0 Å². The maximum Gasteiger partial charge on any atom is 0.125 e. The monoisotopic (exact) mass is 434 g/mol. The van der Waals surface area contributed by atoms with Crippen molar-refractivity contribution in [3.05, 3.63) is 24.0 Å². The molecule has 2 radical (unpaired) electrons. The Morgan fingerprint density at radius 3 is 2.20 bits per heavy atom. The molecule has 30 heavy (non-hydrogen) atoms. The van der Waals surface area contributed by atoms with Crippen molar-refractivity contribution >= 4 is 14.7 Å². The van der Waals surface area contributed by atoms with Crippen molar-refractivity contribution in [2.45, 2.75) is 90.0 Å². The molecule has 4 heteroatoms. The highest BCUT2D eigenvalue weighted by Gasteiger charge is 2.30. The number of hydrogen-bond donors (Lipinski definition) is 0. The normalized spacial score (nSPS) is 27.2. The van der Waals surface area contributed by atoms with Gasteiger partial charge in [-0.2, -0.15) is 0 Å². The zero-order chi connectivity index (χ0) is 21.2. The molecule has 0 atom stereocenters. The van der Waals surface area contributed by atoms with Gasteiger partial charge >= 0.3 is 0 Å². The fraction of sp³-hybridized carbons (Fsp3) is 0.769. The van der Waals surface area contributed by atoms with Gasteiger partial charge in [0.15, 0.2) is 0 Å². The summed E-state index contributed by atoms with van der Waals surface area (Å²) in [4.78, 5) is 0. The van der Waals surface area contributed by atoms with Crippen LogP contribution in [-0.2, 0) is 0 Å². The predicted octanol–water partition coefficient (Wildman–Crippen LogP) is 7.11. The Bertz CT molecular complexity index is 607. The van der Waals surface area contributed by atoms with E-state index < -0.39 is 6.67 Å². The SMILES string of the molecule is CCCCCC1CCC(C2CCC(C[Si]c3ccc(OCCF)cc3F)CC2)CC1. The minimum absolute atomic E-state index is 0.00911. The van der Waals surface area contributed by atoms with Crippen LogP contribution in [0.15, 0.2) is 18.2 Å². The van der Waals surface area contributed by atoms with Gasteiger partial charge in [-0.3, -0.25) is 0 Å². The molecule has 2 aliphatic carbocycles. The molecule has 0 unspecified atom stereocenters. The van der Waals surface area contributed by atoms with Crippen LogP contribution >= 0.6 is 0 Å². The summed E-state index contributed by atoms with van der Waals surface area (Å²) in [5.41, 5.74) is 0. The summed E-state index contributed by atoms with van der Waals surface area (Å²) in [5.74, 6) is 3.92. The fourth-order valence-corrected chi connectivity index (χ4v) is 6.99. The summed E-state index contributed by atoms with van der Waals surface area (Å²) in [6.07, 6.45) is 17.0. The summed E-state index contributed by atoms with van der Waals surface area (Å²) in [6, 6.07) is 6.12. The van der Waals surface area contributed by atoms with Crippen molar-refractivity contribution < 1.29 is 13.5 Å². The molecule has 3 rings (SSSR count). The number of rotatable bonds is 11. The first-order valence-corrected chi connectivity index (χ1v) is 13.6. The highest BCUT2D eigenvalue weighted by atomic mass is 28.2. The van der Waals surface area contributed by atoms with Crippen LogP contribution in [0.5, 0.6) is 5.75 Å². The predicted molar refractivity (Wildman–Crippen MR) is 123 cm³/mol. The molecule has 0 N–H and O–H groups in total. The molecular formula is C26H40F2OSi. The van der Waals surface area contributed by atoms with Crippen LogP contribution in [0.3, 0.4) is 0 Å². The number of benzene rings is 1. The highest BCUT2D eigenvalue weighted by Crippen LogP contribution is 2.42. The van der Waals surface area contributed by atoms with Crippen LogP contribution in [0.1, 0.15) is 84.0 Å². The third-order valence-electron chi connectivity index (χ3n) is 7.53. The van der Waals surface area contributed by atoms with E-state index in [9.17, 15) is 8.78 Å². The first-order valence-electron chi connectivity index (χ1n) is 12.4. The molecule has 0 aliphatic heterocycles. The Hall–Kier alpha value is -0.903. The lowest BCUT2D eigenvalue weighted by atomic mass is 9.69.